The molecule has 0 heterocycles. The van der Waals surface area contributed by atoms with Gasteiger partial charge in [0.05, 0.1) is 10.5 Å². The normalized spacial score (nSPS) is 6.90. The van der Waals surface area contributed by atoms with Gasteiger partial charge in [-0.15, -0.1) is 0 Å². The van der Waals surface area contributed by atoms with Crippen LogP contribution in [-0.2, 0) is 4.79 Å². The van der Waals surface area contributed by atoms with Crippen LogP contribution in [0.1, 0.15) is 6.42 Å². The van der Waals surface area contributed by atoms with Gasteiger partial charge in [0.25, 0.3) is 0 Å². The number of halogens is 1. The van der Waals surface area contributed by atoms with Gasteiger partial charge in [0.1, 0.15) is 0 Å². The predicted molar refractivity (Wildman–Crippen MR) is 47.4 cm³/mol. The van der Waals surface area contributed by atoms with E-state index in [4.69, 9.17) is 11.0 Å². The van der Waals surface area contributed by atoms with E-state index in [1.54, 1.807) is 0 Å². The molecule has 0 spiro atoms. The fourth-order valence-corrected chi connectivity index (χ4v) is 0.0645. The van der Waals surface area contributed by atoms with Crippen LogP contribution in [0.25, 0.3) is 0 Å². The van der Waals surface area contributed by atoms with E-state index >= 15 is 0 Å². The van der Waals surface area contributed by atoms with Crippen molar-refractivity contribution in [2.45, 2.75) is 6.42 Å². The third-order valence-electron chi connectivity index (χ3n) is 0.388. The maximum atomic E-state index is 9.58. The van der Waals surface area contributed by atoms with E-state index in [1.165, 1.54) is 0 Å². The standard InChI is InChI=1S/C3H6N2.C2H4INO/c4-2-1-3-5;3-1-2(4)5/h1-2,4H2;1H2,(H2,4,5). The van der Waals surface area contributed by atoms with Crippen molar-refractivity contribution >= 4 is 28.5 Å². The fraction of sp³-hybridized carbons (Fsp3) is 0.600. The first kappa shape index (κ1) is 12.3. The molecule has 10 heavy (non-hydrogen) atoms. The highest BCUT2D eigenvalue weighted by Crippen LogP contribution is 1.72. The maximum Gasteiger partial charge on any atom is 0.227 e. The molecule has 0 aliphatic rings. The molecule has 0 rings (SSSR count). The van der Waals surface area contributed by atoms with E-state index in [1.807, 2.05) is 28.7 Å². The van der Waals surface area contributed by atoms with Gasteiger partial charge in [-0.05, 0) is 0 Å². The van der Waals surface area contributed by atoms with Gasteiger partial charge in [-0.2, -0.15) is 5.26 Å². The van der Waals surface area contributed by atoms with Crippen molar-refractivity contribution in [3.05, 3.63) is 0 Å². The summed E-state index contributed by atoms with van der Waals surface area (Å²) in [6.07, 6.45) is 0.472. The van der Waals surface area contributed by atoms with Crippen LogP contribution in [0.2, 0.25) is 0 Å². The summed E-state index contributed by atoms with van der Waals surface area (Å²) in [5, 5.41) is 7.74. The molecule has 0 radical (unpaired) electrons. The predicted octanol–water partition coefficient (Wildman–Crippen LogP) is -0.235. The lowest BCUT2D eigenvalue weighted by molar-refractivity contribution is -0.115. The van der Waals surface area contributed by atoms with Crippen molar-refractivity contribution in [3.63, 3.8) is 0 Å². The Kier molecular flexibility index (Phi) is 14.1. The van der Waals surface area contributed by atoms with E-state index < -0.39 is 0 Å². The number of rotatable bonds is 2. The summed E-state index contributed by atoms with van der Waals surface area (Å²) in [5.74, 6) is -0.259. The molecule has 0 fully saturated rings. The first-order chi connectivity index (χ1) is 4.68. The molecule has 0 saturated heterocycles. The lowest BCUT2D eigenvalue weighted by Gasteiger charge is -1.71. The van der Waals surface area contributed by atoms with Gasteiger partial charge in [-0.25, -0.2) is 0 Å². The van der Waals surface area contributed by atoms with Crippen molar-refractivity contribution in [1.29, 1.82) is 5.26 Å². The zero-order valence-electron chi connectivity index (χ0n) is 5.51. The van der Waals surface area contributed by atoms with Gasteiger partial charge in [0.2, 0.25) is 5.91 Å². The average Bonchev–Trinajstić information content (AvgIpc) is 1.91. The molecule has 0 aromatic heterocycles. The van der Waals surface area contributed by atoms with Crippen molar-refractivity contribution in [3.8, 4) is 6.07 Å². The lowest BCUT2D eigenvalue weighted by Crippen LogP contribution is -2.10. The van der Waals surface area contributed by atoms with Gasteiger partial charge in [0, 0.05) is 13.0 Å². The smallest absolute Gasteiger partial charge is 0.227 e. The second kappa shape index (κ2) is 11.4. The molecular weight excluding hydrogens is 245 g/mol. The molecule has 0 unspecified atom stereocenters. The average molecular weight is 255 g/mol. The van der Waals surface area contributed by atoms with E-state index in [0.717, 1.165) is 0 Å². The summed E-state index contributed by atoms with van der Waals surface area (Å²) in [5.41, 5.74) is 9.56. The molecule has 0 aromatic carbocycles. The second-order valence-corrected chi connectivity index (χ2v) is 2.06. The van der Waals surface area contributed by atoms with Gasteiger partial charge < -0.3 is 11.5 Å². The monoisotopic (exact) mass is 255 g/mol. The number of nitrogens with zero attached hydrogens (tertiary/aromatic N) is 1. The van der Waals surface area contributed by atoms with Gasteiger partial charge in [-0.1, -0.05) is 22.6 Å². The van der Waals surface area contributed by atoms with E-state index in [2.05, 4.69) is 5.73 Å². The maximum absolute atomic E-state index is 9.58. The molecule has 4 N–H and O–H groups in total. The molecule has 0 aromatic rings. The number of alkyl halides is 1. The molecular formula is C5H10IN3O. The van der Waals surface area contributed by atoms with Crippen molar-refractivity contribution in [1.82, 2.24) is 0 Å². The van der Waals surface area contributed by atoms with Crippen LogP contribution >= 0.6 is 22.6 Å². The number of nitriles is 1. The molecule has 0 bridgehead atoms. The molecule has 0 aliphatic carbocycles. The highest BCUT2D eigenvalue weighted by Gasteiger charge is 1.79. The summed E-state index contributed by atoms with van der Waals surface area (Å²) in [7, 11) is 0. The first-order valence-electron chi connectivity index (χ1n) is 2.60. The Labute approximate surface area is 73.7 Å². The van der Waals surface area contributed by atoms with Crippen LogP contribution in [0.5, 0.6) is 0 Å². The Balaban J connectivity index is 0. The molecule has 0 aliphatic heterocycles. The summed E-state index contributed by atoms with van der Waals surface area (Å²) < 4.78 is 0.414. The SMILES string of the molecule is N#CCCN.NC(=O)CI. The van der Waals surface area contributed by atoms with Crippen molar-refractivity contribution in [2.75, 3.05) is 11.0 Å². The van der Waals surface area contributed by atoms with Crippen LogP contribution < -0.4 is 11.5 Å². The topological polar surface area (TPSA) is 92.9 Å². The van der Waals surface area contributed by atoms with Crippen LogP contribution in [-0.4, -0.2) is 16.9 Å². The number of carbonyl (C=O) groups excluding carboxylic acids is 1. The molecule has 1 amide bonds. The quantitative estimate of drug-likeness (QED) is 0.527. The highest BCUT2D eigenvalue weighted by molar-refractivity contribution is 14.1. The molecule has 5 heteroatoms. The van der Waals surface area contributed by atoms with Crippen LogP contribution in [0, 0.1) is 11.3 Å². The Bertz CT molecular complexity index is 121. The number of hydrogen-bond acceptors (Lipinski definition) is 3. The second-order valence-electron chi connectivity index (χ2n) is 1.30. The fourth-order valence-electron chi connectivity index (χ4n) is 0.0645. The van der Waals surface area contributed by atoms with Gasteiger partial charge >= 0.3 is 0 Å². The summed E-state index contributed by atoms with van der Waals surface area (Å²) in [6.45, 7) is 0.483. The minimum Gasteiger partial charge on any atom is -0.369 e. The third-order valence-corrected chi connectivity index (χ3v) is 1.14. The highest BCUT2D eigenvalue weighted by atomic mass is 127. The van der Waals surface area contributed by atoms with Crippen LogP contribution in [0.15, 0.2) is 0 Å². The summed E-state index contributed by atoms with van der Waals surface area (Å²) in [6, 6.07) is 1.89. The minimum atomic E-state index is -0.259. The van der Waals surface area contributed by atoms with Crippen molar-refractivity contribution in [2.24, 2.45) is 11.5 Å². The lowest BCUT2D eigenvalue weighted by atomic mass is 10.5. The number of hydrogen-bond donors (Lipinski definition) is 2. The van der Waals surface area contributed by atoms with Crippen LogP contribution in [0.4, 0.5) is 0 Å². The number of carbonyl (C=O) groups is 1. The molecule has 4 nitrogen and oxygen atoms in total. The van der Waals surface area contributed by atoms with E-state index in [0.29, 0.717) is 17.4 Å². The Morgan fingerprint density at radius 1 is 1.70 bits per heavy atom. The molecule has 0 saturated carbocycles. The third kappa shape index (κ3) is 25.4. The summed E-state index contributed by atoms with van der Waals surface area (Å²) in [4.78, 5) is 9.58. The van der Waals surface area contributed by atoms with Crippen molar-refractivity contribution < 1.29 is 4.79 Å². The first-order valence-corrected chi connectivity index (χ1v) is 4.12. The van der Waals surface area contributed by atoms with E-state index in [9.17, 15) is 4.79 Å². The summed E-state index contributed by atoms with van der Waals surface area (Å²) >= 11 is 1.90. The zero-order chi connectivity index (χ0) is 8.41. The Hall–Kier alpha value is -0.350. The Morgan fingerprint density at radius 2 is 2.10 bits per heavy atom. The zero-order valence-corrected chi connectivity index (χ0v) is 7.67. The minimum absolute atomic E-state index is 0.259. The number of amides is 1. The Morgan fingerprint density at radius 3 is 2.10 bits per heavy atom. The van der Waals surface area contributed by atoms with E-state index in [-0.39, 0.29) is 5.91 Å². The molecule has 0 atom stereocenters. The number of nitrogens with two attached hydrogens (primary N) is 2. The number of primary amides is 1. The molecule has 58 valence electrons. The van der Waals surface area contributed by atoms with Gasteiger partial charge in [-0.3, -0.25) is 4.79 Å². The largest absolute Gasteiger partial charge is 0.369 e. The van der Waals surface area contributed by atoms with Crippen LogP contribution in [0.3, 0.4) is 0 Å². The van der Waals surface area contributed by atoms with Gasteiger partial charge in [0.15, 0.2) is 0 Å².